The third-order valence-corrected chi connectivity index (χ3v) is 5.65. The molecule has 0 fully saturated rings. The number of allylic oxidation sites excluding steroid dienone is 2. The van der Waals surface area contributed by atoms with E-state index in [0.29, 0.717) is 39.9 Å². The number of rotatable bonds is 6. The van der Waals surface area contributed by atoms with Gasteiger partial charge in [0.05, 0.1) is 5.69 Å². The molecule has 0 amide bonds. The molecule has 0 atom stereocenters. The van der Waals surface area contributed by atoms with E-state index in [9.17, 15) is 18.7 Å². The average molecular weight is 486 g/mol. The maximum absolute atomic E-state index is 14.2. The van der Waals surface area contributed by atoms with Crippen molar-refractivity contribution in [2.45, 2.75) is 25.9 Å². The van der Waals surface area contributed by atoms with Crippen molar-refractivity contribution in [1.82, 2.24) is 4.98 Å². The van der Waals surface area contributed by atoms with Crippen LogP contribution in [0.1, 0.15) is 46.6 Å². The van der Waals surface area contributed by atoms with Crippen molar-refractivity contribution in [3.8, 4) is 5.75 Å². The molecule has 1 N–H and O–H groups in total. The van der Waals surface area contributed by atoms with Crippen LogP contribution in [-0.4, -0.2) is 16.1 Å². The summed E-state index contributed by atoms with van der Waals surface area (Å²) < 4.78 is 34.8. The Kier molecular flexibility index (Phi) is 6.13. The third kappa shape index (κ3) is 4.66. The zero-order valence-corrected chi connectivity index (χ0v) is 18.0. The van der Waals surface area contributed by atoms with Crippen molar-refractivity contribution in [3.63, 3.8) is 0 Å². The summed E-state index contributed by atoms with van der Waals surface area (Å²) in [5, 5.41) is 9.25. The van der Waals surface area contributed by atoms with Gasteiger partial charge in [0.1, 0.15) is 29.7 Å². The summed E-state index contributed by atoms with van der Waals surface area (Å²) in [5.74, 6) is -1.47. The lowest BCUT2D eigenvalue weighted by atomic mass is 9.98. The van der Waals surface area contributed by atoms with Crippen LogP contribution in [0, 0.1) is 11.6 Å². The highest BCUT2D eigenvalue weighted by Crippen LogP contribution is 2.42. The Morgan fingerprint density at radius 2 is 1.87 bits per heavy atom. The number of carboxylic acid groups (broad SMARTS) is 1. The van der Waals surface area contributed by atoms with Crippen LogP contribution >= 0.6 is 15.9 Å². The first kappa shape index (κ1) is 21.2. The molecule has 0 radical (unpaired) electrons. The topological polar surface area (TPSA) is 59.4 Å². The normalized spacial score (nSPS) is 13.5. The number of nitrogens with zero attached hydrogens (tertiary/aromatic N) is 1. The molecule has 0 spiro atoms. The van der Waals surface area contributed by atoms with Gasteiger partial charge in [-0.25, -0.2) is 18.6 Å². The largest absolute Gasteiger partial charge is 0.488 e. The monoisotopic (exact) mass is 485 g/mol. The summed E-state index contributed by atoms with van der Waals surface area (Å²) in [7, 11) is 0. The molecule has 7 heteroatoms. The minimum atomic E-state index is -1.10. The Morgan fingerprint density at radius 3 is 2.65 bits per heavy atom. The fourth-order valence-electron chi connectivity index (χ4n) is 3.70. The van der Waals surface area contributed by atoms with Gasteiger partial charge in [-0.15, -0.1) is 0 Å². The summed E-state index contributed by atoms with van der Waals surface area (Å²) in [6.45, 7) is -0.00684. The summed E-state index contributed by atoms with van der Waals surface area (Å²) in [5.41, 5.74) is 3.20. The number of pyridine rings is 1. The summed E-state index contributed by atoms with van der Waals surface area (Å²) in [6, 6.07) is 13.8. The number of aromatic nitrogens is 1. The van der Waals surface area contributed by atoms with Crippen molar-refractivity contribution in [2.75, 3.05) is 0 Å². The van der Waals surface area contributed by atoms with Crippen LogP contribution in [0.25, 0.3) is 11.1 Å². The fourth-order valence-corrected chi connectivity index (χ4v) is 4.04. The van der Waals surface area contributed by atoms with Crippen LogP contribution in [-0.2, 0) is 6.61 Å². The fraction of sp³-hybridized carbons (Fsp3) is 0.167. The molecule has 0 aliphatic heterocycles. The molecule has 0 saturated carbocycles. The molecule has 158 valence electrons. The maximum atomic E-state index is 14.2. The predicted molar refractivity (Wildman–Crippen MR) is 117 cm³/mol. The van der Waals surface area contributed by atoms with E-state index in [-0.39, 0.29) is 12.3 Å². The number of benzene rings is 2. The lowest BCUT2D eigenvalue weighted by molar-refractivity contribution is 0.0690. The van der Waals surface area contributed by atoms with Crippen molar-refractivity contribution >= 4 is 33.0 Å². The second-order valence-corrected chi connectivity index (χ2v) is 8.10. The minimum absolute atomic E-state index is 0.00684. The highest BCUT2D eigenvalue weighted by Gasteiger charge is 2.23. The first-order chi connectivity index (χ1) is 14.9. The molecular formula is C24H18BrF2NO3. The van der Waals surface area contributed by atoms with Gasteiger partial charge in [0.25, 0.3) is 0 Å². The number of hydrogen-bond acceptors (Lipinski definition) is 3. The van der Waals surface area contributed by atoms with Gasteiger partial charge in [-0.05, 0) is 72.9 Å². The second-order valence-electron chi connectivity index (χ2n) is 7.19. The van der Waals surface area contributed by atoms with Crippen LogP contribution in [0.3, 0.4) is 0 Å². The molecule has 2 aromatic carbocycles. The Bertz CT molecular complexity index is 1190. The first-order valence-corrected chi connectivity index (χ1v) is 10.5. The molecular weight excluding hydrogens is 468 g/mol. The van der Waals surface area contributed by atoms with E-state index in [0.717, 1.165) is 17.6 Å². The van der Waals surface area contributed by atoms with Crippen molar-refractivity contribution in [1.29, 1.82) is 0 Å². The molecule has 4 rings (SSSR count). The van der Waals surface area contributed by atoms with E-state index >= 15 is 0 Å². The van der Waals surface area contributed by atoms with Crippen LogP contribution in [0.4, 0.5) is 8.78 Å². The summed E-state index contributed by atoms with van der Waals surface area (Å²) >= 11 is 3.23. The van der Waals surface area contributed by atoms with Crippen LogP contribution in [0.2, 0.25) is 0 Å². The summed E-state index contributed by atoms with van der Waals surface area (Å²) in [6.07, 6.45) is 2.21. The molecule has 31 heavy (non-hydrogen) atoms. The van der Waals surface area contributed by atoms with E-state index in [4.69, 9.17) is 4.74 Å². The Labute approximate surface area is 186 Å². The minimum Gasteiger partial charge on any atom is -0.488 e. The first-order valence-electron chi connectivity index (χ1n) is 9.72. The van der Waals surface area contributed by atoms with E-state index in [1.165, 1.54) is 30.3 Å². The quantitative estimate of drug-likeness (QED) is 0.433. The van der Waals surface area contributed by atoms with E-state index in [1.54, 1.807) is 24.3 Å². The van der Waals surface area contributed by atoms with Crippen LogP contribution in [0.5, 0.6) is 5.75 Å². The Morgan fingerprint density at radius 1 is 1.06 bits per heavy atom. The Balaban J connectivity index is 1.71. The predicted octanol–water partition coefficient (Wildman–Crippen LogP) is 6.49. The van der Waals surface area contributed by atoms with E-state index in [1.807, 2.05) is 0 Å². The second kappa shape index (κ2) is 8.98. The highest BCUT2D eigenvalue weighted by atomic mass is 79.9. The summed E-state index contributed by atoms with van der Waals surface area (Å²) in [4.78, 5) is 15.6. The SMILES string of the molecule is O=C(O)c1cccc(C2=C(c3cc(F)ccc3OCc3ccc(Br)cc3F)CCC2)n1. The number of hydrogen-bond donors (Lipinski definition) is 1. The van der Waals surface area contributed by atoms with Crippen molar-refractivity contribution < 1.29 is 23.4 Å². The average Bonchev–Trinajstić information content (AvgIpc) is 3.23. The number of ether oxygens (including phenoxy) is 1. The zero-order valence-electron chi connectivity index (χ0n) is 16.4. The van der Waals surface area contributed by atoms with Gasteiger partial charge in [-0.2, -0.15) is 0 Å². The molecule has 1 aliphatic carbocycles. The van der Waals surface area contributed by atoms with Crippen LogP contribution < -0.4 is 4.74 Å². The van der Waals surface area contributed by atoms with Crippen LogP contribution in [0.15, 0.2) is 59.1 Å². The molecule has 1 aliphatic rings. The number of carboxylic acids is 1. The molecule has 1 aromatic heterocycles. The zero-order chi connectivity index (χ0) is 22.0. The lowest BCUT2D eigenvalue weighted by Gasteiger charge is -2.15. The number of halogens is 3. The standard InChI is InChI=1S/C24H18BrF2NO3/c25-15-8-7-14(20(27)11-15)13-31-23-10-9-16(26)12-19(23)17-3-1-4-18(17)21-5-2-6-22(28-21)24(29)30/h2,5-12H,1,3-4,13H2,(H,29,30). The van der Waals surface area contributed by atoms with Crippen molar-refractivity contribution in [3.05, 3.63) is 93.2 Å². The number of carbonyl (C=O) groups is 1. The van der Waals surface area contributed by atoms with Gasteiger partial charge in [0.15, 0.2) is 0 Å². The molecule has 0 bridgehead atoms. The van der Waals surface area contributed by atoms with E-state index in [2.05, 4.69) is 20.9 Å². The maximum Gasteiger partial charge on any atom is 0.354 e. The Hall–Kier alpha value is -3.06. The van der Waals surface area contributed by atoms with Gasteiger partial charge in [0.2, 0.25) is 0 Å². The third-order valence-electron chi connectivity index (χ3n) is 5.16. The van der Waals surface area contributed by atoms with Gasteiger partial charge >= 0.3 is 5.97 Å². The smallest absolute Gasteiger partial charge is 0.354 e. The van der Waals surface area contributed by atoms with Gasteiger partial charge in [-0.1, -0.05) is 28.1 Å². The molecule has 3 aromatic rings. The molecule has 0 unspecified atom stereocenters. The highest BCUT2D eigenvalue weighted by molar-refractivity contribution is 9.10. The molecule has 1 heterocycles. The molecule has 0 saturated heterocycles. The lowest BCUT2D eigenvalue weighted by Crippen LogP contribution is -2.03. The van der Waals surface area contributed by atoms with Gasteiger partial charge in [-0.3, -0.25) is 0 Å². The van der Waals surface area contributed by atoms with Gasteiger partial charge in [0, 0.05) is 15.6 Å². The van der Waals surface area contributed by atoms with E-state index < -0.39 is 17.6 Å². The van der Waals surface area contributed by atoms with Gasteiger partial charge < -0.3 is 9.84 Å². The number of aromatic carboxylic acids is 1. The molecule has 4 nitrogen and oxygen atoms in total. The van der Waals surface area contributed by atoms with Crippen molar-refractivity contribution in [2.24, 2.45) is 0 Å².